The summed E-state index contributed by atoms with van der Waals surface area (Å²) in [7, 11) is 1.38. The normalized spacial score (nSPS) is 22.5. The average molecular weight is 545 g/mol. The molecule has 3 aromatic carbocycles. The van der Waals surface area contributed by atoms with Crippen LogP contribution in [0.3, 0.4) is 0 Å². The lowest BCUT2D eigenvalue weighted by atomic mass is 9.61. The molecule has 1 aliphatic rings. The van der Waals surface area contributed by atoms with Crippen molar-refractivity contribution in [3.8, 4) is 11.5 Å². The maximum absolute atomic E-state index is 14.0. The van der Waals surface area contributed by atoms with Crippen LogP contribution < -0.4 is 15.4 Å². The van der Waals surface area contributed by atoms with Crippen LogP contribution in [0.2, 0.25) is 0 Å². The number of ether oxygens (including phenoxy) is 1. The number of amides is 2. The molecule has 0 heterocycles. The van der Waals surface area contributed by atoms with Crippen LogP contribution in [-0.2, 0) is 14.4 Å². The Hall–Kier alpha value is -4.17. The number of aryl methyl sites for hydroxylation is 4. The topological polar surface area (TPSA) is 125 Å². The van der Waals surface area contributed by atoms with Gasteiger partial charge < -0.3 is 25.6 Å². The number of hydrogen-bond donors (Lipinski definition) is 4. The van der Waals surface area contributed by atoms with Gasteiger partial charge in [0.1, 0.15) is 11.7 Å². The van der Waals surface area contributed by atoms with Gasteiger partial charge in [-0.15, -0.1) is 0 Å². The number of carbonyl (C=O) groups excluding carboxylic acids is 3. The summed E-state index contributed by atoms with van der Waals surface area (Å²) in [6.07, 6.45) is -0.380. The fourth-order valence-corrected chi connectivity index (χ4v) is 5.72. The number of Topliss-reactive ketones (excluding diaryl/α,β-unsaturated/α-hetero) is 1. The van der Waals surface area contributed by atoms with Crippen molar-refractivity contribution in [3.63, 3.8) is 0 Å². The van der Waals surface area contributed by atoms with E-state index in [1.54, 1.807) is 18.2 Å². The van der Waals surface area contributed by atoms with Gasteiger partial charge in [-0.1, -0.05) is 41.5 Å². The number of carbonyl (C=O) groups is 3. The van der Waals surface area contributed by atoms with Crippen LogP contribution in [0.5, 0.6) is 11.5 Å². The minimum absolute atomic E-state index is 0.122. The summed E-state index contributed by atoms with van der Waals surface area (Å²) in [6.45, 7) is 9.06. The van der Waals surface area contributed by atoms with Crippen LogP contribution in [0.25, 0.3) is 0 Å². The fourth-order valence-electron chi connectivity index (χ4n) is 5.72. The van der Waals surface area contributed by atoms with Crippen molar-refractivity contribution < 1.29 is 29.3 Å². The number of nitrogens with one attached hydrogen (secondary N) is 2. The molecule has 4 unspecified atom stereocenters. The molecule has 0 bridgehead atoms. The smallest absolute Gasteiger partial charge is 0.235 e. The molecule has 0 saturated heterocycles. The van der Waals surface area contributed by atoms with E-state index >= 15 is 0 Å². The molecule has 2 amide bonds. The Morgan fingerprint density at radius 2 is 1.43 bits per heavy atom. The molecule has 8 nitrogen and oxygen atoms in total. The number of methoxy groups -OCH3 is 1. The Kier molecular flexibility index (Phi) is 8.03. The number of hydrogen-bond acceptors (Lipinski definition) is 6. The van der Waals surface area contributed by atoms with Crippen LogP contribution in [0, 0.1) is 39.5 Å². The lowest BCUT2D eigenvalue weighted by molar-refractivity contribution is -0.150. The zero-order valence-corrected chi connectivity index (χ0v) is 23.7. The van der Waals surface area contributed by atoms with Crippen LogP contribution >= 0.6 is 0 Å². The summed E-state index contributed by atoms with van der Waals surface area (Å²) < 4.78 is 5.29. The summed E-state index contributed by atoms with van der Waals surface area (Å²) in [5.74, 6) is -5.12. The Balaban J connectivity index is 1.82. The van der Waals surface area contributed by atoms with Crippen molar-refractivity contribution in [1.29, 1.82) is 0 Å². The molecule has 0 aromatic heterocycles. The molecule has 4 N–H and O–H groups in total. The van der Waals surface area contributed by atoms with Crippen LogP contribution in [0.1, 0.15) is 47.1 Å². The third-order valence-electron chi connectivity index (χ3n) is 7.70. The molecule has 4 atom stereocenters. The summed E-state index contributed by atoms with van der Waals surface area (Å²) in [5, 5.41) is 27.6. The molecule has 4 rings (SSSR count). The van der Waals surface area contributed by atoms with Crippen molar-refractivity contribution in [1.82, 2.24) is 0 Å². The van der Waals surface area contributed by atoms with Gasteiger partial charge >= 0.3 is 0 Å². The van der Waals surface area contributed by atoms with Gasteiger partial charge in [0.05, 0.1) is 18.6 Å². The van der Waals surface area contributed by atoms with E-state index in [2.05, 4.69) is 10.6 Å². The van der Waals surface area contributed by atoms with Gasteiger partial charge in [0, 0.05) is 23.7 Å². The van der Waals surface area contributed by atoms with Crippen LogP contribution in [0.15, 0.2) is 54.6 Å². The molecular weight excluding hydrogens is 508 g/mol. The van der Waals surface area contributed by atoms with Gasteiger partial charge in [-0.3, -0.25) is 14.4 Å². The number of phenols is 1. The molecule has 3 aromatic rings. The zero-order valence-electron chi connectivity index (χ0n) is 23.7. The second-order valence-electron chi connectivity index (χ2n) is 11.0. The van der Waals surface area contributed by atoms with Gasteiger partial charge in [0.2, 0.25) is 11.8 Å². The molecule has 1 fully saturated rings. The number of anilines is 2. The number of aliphatic hydroxyl groups is 1. The highest BCUT2D eigenvalue weighted by molar-refractivity contribution is 6.10. The summed E-state index contributed by atoms with van der Waals surface area (Å²) >= 11 is 0. The predicted octanol–water partition coefficient (Wildman–Crippen LogP) is 4.95. The molecule has 1 saturated carbocycles. The molecule has 0 spiro atoms. The fraction of sp³-hybridized carbons (Fsp3) is 0.344. The lowest BCUT2D eigenvalue weighted by Crippen LogP contribution is -2.56. The number of ketones is 1. The standard InChI is InChI=1S/C32H36N2O6/c1-17-7-10-22(19(3)13-17)33-30(37)28-25(36)16-32(5,39)29(27(28)21-9-12-24(35)26(15-21)40-6)31(38)34-23-11-8-18(2)14-20(23)4/h7-15,27-29,35,39H,16H2,1-6H3,(H,33,37)(H,34,38). The first-order valence-corrected chi connectivity index (χ1v) is 13.2. The molecule has 0 radical (unpaired) electrons. The number of aromatic hydroxyl groups is 1. The van der Waals surface area contributed by atoms with E-state index in [9.17, 15) is 24.6 Å². The van der Waals surface area contributed by atoms with E-state index in [1.165, 1.54) is 26.2 Å². The van der Waals surface area contributed by atoms with E-state index in [-0.39, 0.29) is 17.9 Å². The van der Waals surface area contributed by atoms with Crippen molar-refractivity contribution in [2.45, 2.75) is 52.6 Å². The predicted molar refractivity (Wildman–Crippen MR) is 154 cm³/mol. The molecule has 8 heteroatoms. The van der Waals surface area contributed by atoms with Crippen molar-refractivity contribution in [2.24, 2.45) is 11.8 Å². The Morgan fingerprint density at radius 3 is 1.95 bits per heavy atom. The van der Waals surface area contributed by atoms with Crippen LogP contribution in [-0.4, -0.2) is 40.5 Å². The number of phenolic OH excluding ortho intramolecular Hbond substituents is 1. The molecule has 210 valence electrons. The molecular formula is C32H36N2O6. The summed E-state index contributed by atoms with van der Waals surface area (Å²) in [4.78, 5) is 41.3. The highest BCUT2D eigenvalue weighted by atomic mass is 16.5. The first kappa shape index (κ1) is 28.8. The molecule has 0 aliphatic heterocycles. The first-order chi connectivity index (χ1) is 18.8. The van der Waals surface area contributed by atoms with Crippen LogP contribution in [0.4, 0.5) is 11.4 Å². The maximum atomic E-state index is 14.0. The molecule has 1 aliphatic carbocycles. The third kappa shape index (κ3) is 5.72. The van der Waals surface area contributed by atoms with Gasteiger partial charge in [-0.25, -0.2) is 0 Å². The van der Waals surface area contributed by atoms with Gasteiger partial charge in [-0.05, 0) is 75.6 Å². The average Bonchev–Trinajstić information content (AvgIpc) is 2.86. The van der Waals surface area contributed by atoms with Gasteiger partial charge in [0.25, 0.3) is 0 Å². The van der Waals surface area contributed by atoms with E-state index in [0.29, 0.717) is 16.9 Å². The van der Waals surface area contributed by atoms with E-state index in [1.807, 2.05) is 52.0 Å². The highest BCUT2D eigenvalue weighted by Gasteiger charge is 2.56. The Morgan fingerprint density at radius 1 is 0.875 bits per heavy atom. The summed E-state index contributed by atoms with van der Waals surface area (Å²) in [5.41, 5.74) is 3.50. The van der Waals surface area contributed by atoms with Gasteiger partial charge in [0.15, 0.2) is 11.5 Å². The van der Waals surface area contributed by atoms with Crippen molar-refractivity contribution in [3.05, 3.63) is 82.4 Å². The minimum Gasteiger partial charge on any atom is -0.504 e. The quantitative estimate of drug-likeness (QED) is 0.326. The van der Waals surface area contributed by atoms with E-state index in [4.69, 9.17) is 4.74 Å². The molecule has 40 heavy (non-hydrogen) atoms. The SMILES string of the molecule is COc1cc(C2C(C(=O)Nc3ccc(C)cc3C)C(=O)CC(C)(O)C2C(=O)Nc2ccc(C)cc2C)ccc1O. The Labute approximate surface area is 234 Å². The van der Waals surface area contributed by atoms with Crippen molar-refractivity contribution in [2.75, 3.05) is 17.7 Å². The van der Waals surface area contributed by atoms with E-state index in [0.717, 1.165) is 22.3 Å². The zero-order chi connectivity index (χ0) is 29.4. The second-order valence-corrected chi connectivity index (χ2v) is 11.0. The first-order valence-electron chi connectivity index (χ1n) is 13.2. The lowest BCUT2D eigenvalue weighted by Gasteiger charge is -2.44. The largest absolute Gasteiger partial charge is 0.504 e. The minimum atomic E-state index is -1.76. The Bertz CT molecular complexity index is 1480. The number of rotatable bonds is 6. The third-order valence-corrected chi connectivity index (χ3v) is 7.70. The highest BCUT2D eigenvalue weighted by Crippen LogP contribution is 2.48. The summed E-state index contributed by atoms with van der Waals surface area (Å²) in [6, 6.07) is 15.6. The maximum Gasteiger partial charge on any atom is 0.235 e. The number of benzene rings is 3. The van der Waals surface area contributed by atoms with E-state index < -0.39 is 41.0 Å². The second kappa shape index (κ2) is 11.1. The van der Waals surface area contributed by atoms with Crippen molar-refractivity contribution >= 4 is 29.0 Å². The monoisotopic (exact) mass is 544 g/mol. The van der Waals surface area contributed by atoms with Gasteiger partial charge in [-0.2, -0.15) is 0 Å².